The van der Waals surface area contributed by atoms with E-state index in [9.17, 15) is 48.4 Å². The SMILES string of the molecule is CC(=O)C(N)CCC(=O)C[C@@H](CS(=O)CC(=O)N1CC([N+](=O)[O-])([N+](=O)[O-])C1)C(=O)NCC(=O)O. The predicted octanol–water partition coefficient (Wildman–Crippen LogP) is -2.70. The number of hydrogen-bond acceptors (Lipinski definition) is 11. The van der Waals surface area contributed by atoms with Crippen LogP contribution in [0.25, 0.3) is 0 Å². The van der Waals surface area contributed by atoms with Crippen molar-refractivity contribution in [2.45, 2.75) is 37.9 Å². The lowest BCUT2D eigenvalue weighted by Crippen LogP contribution is -2.71. The fourth-order valence-electron chi connectivity index (χ4n) is 2.98. The minimum Gasteiger partial charge on any atom is -0.480 e. The summed E-state index contributed by atoms with van der Waals surface area (Å²) in [6.07, 6.45) is -0.596. The molecule has 0 spiro atoms. The summed E-state index contributed by atoms with van der Waals surface area (Å²) in [5, 5.41) is 32.6. The maximum atomic E-state index is 12.4. The van der Waals surface area contributed by atoms with E-state index in [1.54, 1.807) is 0 Å². The van der Waals surface area contributed by atoms with E-state index in [2.05, 4.69) is 5.32 Å². The molecular weight excluding hydrogens is 482 g/mol. The van der Waals surface area contributed by atoms with Crippen LogP contribution in [0.5, 0.6) is 0 Å². The second kappa shape index (κ2) is 12.2. The maximum Gasteiger partial charge on any atom is 0.492 e. The molecule has 1 heterocycles. The Morgan fingerprint density at radius 1 is 1.18 bits per heavy atom. The normalized spacial score (nSPS) is 16.9. The highest BCUT2D eigenvalue weighted by molar-refractivity contribution is 7.85. The molecule has 0 aromatic heterocycles. The number of amides is 2. The average molecular weight is 507 g/mol. The summed E-state index contributed by atoms with van der Waals surface area (Å²) in [6, 6.07) is -0.878. The molecule has 0 radical (unpaired) electrons. The van der Waals surface area contributed by atoms with E-state index in [0.29, 0.717) is 0 Å². The third-order valence-electron chi connectivity index (χ3n) is 5.11. The van der Waals surface area contributed by atoms with Crippen LogP contribution < -0.4 is 11.1 Å². The molecule has 1 aliphatic heterocycles. The molecule has 190 valence electrons. The summed E-state index contributed by atoms with van der Waals surface area (Å²) >= 11 is 0. The van der Waals surface area contributed by atoms with Crippen molar-refractivity contribution in [1.82, 2.24) is 10.2 Å². The summed E-state index contributed by atoms with van der Waals surface area (Å²) in [5.74, 6) is -6.45. The van der Waals surface area contributed by atoms with Gasteiger partial charge in [-0.05, 0) is 13.3 Å². The standard InChI is InChI=1S/C17H25N5O11S/c1-10(23)13(18)3-2-12(24)4-11(16(28)19-5-15(26)27)6-34(33)7-14(25)20-8-17(9-20,21(29)30)22(31)32/h11,13H,2-9,18H2,1H3,(H,19,28)(H,26,27)/t11-,13?,34?/m0/s1. The number of aliphatic carboxylic acids is 1. The zero-order chi connectivity index (χ0) is 26.2. The fraction of sp³-hybridized carbons (Fsp3) is 0.706. The second-order valence-electron chi connectivity index (χ2n) is 7.80. The number of rotatable bonds is 15. The van der Waals surface area contributed by atoms with Gasteiger partial charge >= 0.3 is 11.6 Å². The van der Waals surface area contributed by atoms with Crippen molar-refractivity contribution >= 4 is 40.1 Å². The summed E-state index contributed by atoms with van der Waals surface area (Å²) < 4.78 is 12.4. The molecule has 4 N–H and O–H groups in total. The van der Waals surface area contributed by atoms with Crippen LogP contribution in [0.1, 0.15) is 26.2 Å². The van der Waals surface area contributed by atoms with Gasteiger partial charge in [-0.1, -0.05) is 0 Å². The highest BCUT2D eigenvalue weighted by Crippen LogP contribution is 2.25. The first-order valence-electron chi connectivity index (χ1n) is 9.88. The average Bonchev–Trinajstić information content (AvgIpc) is 2.67. The monoisotopic (exact) mass is 507 g/mol. The van der Waals surface area contributed by atoms with Gasteiger partial charge in [0.25, 0.3) is 0 Å². The quantitative estimate of drug-likeness (QED) is 0.116. The van der Waals surface area contributed by atoms with Crippen LogP contribution in [0.4, 0.5) is 0 Å². The minimum atomic E-state index is -2.52. The van der Waals surface area contributed by atoms with E-state index in [1.165, 1.54) is 6.92 Å². The van der Waals surface area contributed by atoms with Gasteiger partial charge < -0.3 is 21.1 Å². The summed E-state index contributed by atoms with van der Waals surface area (Å²) in [7, 11) is -2.06. The Morgan fingerprint density at radius 3 is 2.21 bits per heavy atom. The molecule has 2 unspecified atom stereocenters. The summed E-state index contributed by atoms with van der Waals surface area (Å²) in [6.45, 7) is -1.13. The van der Waals surface area contributed by atoms with Crippen LogP contribution in [-0.4, -0.2) is 96.3 Å². The molecule has 1 fully saturated rings. The van der Waals surface area contributed by atoms with E-state index < -0.39 is 99.4 Å². The molecule has 34 heavy (non-hydrogen) atoms. The number of carboxylic acids is 1. The maximum absolute atomic E-state index is 12.4. The molecule has 0 bridgehead atoms. The third kappa shape index (κ3) is 7.91. The zero-order valence-electron chi connectivity index (χ0n) is 18.2. The first-order chi connectivity index (χ1) is 15.7. The Bertz CT molecular complexity index is 886. The van der Waals surface area contributed by atoms with E-state index in [0.717, 1.165) is 4.90 Å². The van der Waals surface area contributed by atoms with Crippen LogP contribution in [-0.2, 0) is 34.8 Å². The Kier molecular flexibility index (Phi) is 10.3. The zero-order valence-corrected chi connectivity index (χ0v) is 19.0. The van der Waals surface area contributed by atoms with Crippen LogP contribution in [0.2, 0.25) is 0 Å². The Morgan fingerprint density at radius 2 is 1.74 bits per heavy atom. The van der Waals surface area contributed by atoms with Gasteiger partial charge in [0, 0.05) is 29.4 Å². The molecule has 17 heteroatoms. The highest BCUT2D eigenvalue weighted by atomic mass is 32.2. The Balaban J connectivity index is 2.74. The molecule has 16 nitrogen and oxygen atoms in total. The van der Waals surface area contributed by atoms with Crippen molar-refractivity contribution in [3.05, 3.63) is 20.2 Å². The molecule has 0 aromatic rings. The van der Waals surface area contributed by atoms with E-state index in [-0.39, 0.29) is 18.6 Å². The first kappa shape index (κ1) is 28.7. The lowest BCUT2D eigenvalue weighted by atomic mass is 9.98. The van der Waals surface area contributed by atoms with Crippen molar-refractivity contribution in [2.24, 2.45) is 11.7 Å². The molecule has 0 saturated carbocycles. The van der Waals surface area contributed by atoms with E-state index in [1.807, 2.05) is 0 Å². The number of carbonyl (C=O) groups excluding carboxylic acids is 4. The van der Waals surface area contributed by atoms with Crippen LogP contribution in [0, 0.1) is 26.1 Å². The number of nitrogens with two attached hydrogens (primary N) is 1. The van der Waals surface area contributed by atoms with E-state index >= 15 is 0 Å². The largest absolute Gasteiger partial charge is 0.492 e. The molecule has 2 amide bonds. The lowest BCUT2D eigenvalue weighted by molar-refractivity contribution is -0.809. The molecule has 0 aliphatic carbocycles. The number of likely N-dealkylation sites (tertiary alicyclic amines) is 1. The number of nitrogens with one attached hydrogen (secondary N) is 1. The van der Waals surface area contributed by atoms with Crippen molar-refractivity contribution in [3.8, 4) is 0 Å². The lowest BCUT2D eigenvalue weighted by Gasteiger charge is -2.35. The van der Waals surface area contributed by atoms with Crippen LogP contribution >= 0.6 is 0 Å². The smallest absolute Gasteiger partial charge is 0.480 e. The molecule has 3 atom stereocenters. The van der Waals surface area contributed by atoms with Gasteiger partial charge in [-0.25, -0.2) is 0 Å². The Hall–Kier alpha value is -3.34. The Labute approximate surface area is 195 Å². The number of hydrogen-bond donors (Lipinski definition) is 3. The predicted molar refractivity (Wildman–Crippen MR) is 113 cm³/mol. The molecular formula is C17H25N5O11S. The van der Waals surface area contributed by atoms with Crippen molar-refractivity contribution in [1.29, 1.82) is 0 Å². The summed E-state index contributed by atoms with van der Waals surface area (Å²) in [5.41, 5.74) is 3.03. The van der Waals surface area contributed by atoms with Gasteiger partial charge in [0.05, 0.1) is 12.0 Å². The topological polar surface area (TPSA) is 250 Å². The third-order valence-corrected chi connectivity index (χ3v) is 6.45. The highest BCUT2D eigenvalue weighted by Gasteiger charge is 2.67. The van der Waals surface area contributed by atoms with Gasteiger partial charge in [-0.15, -0.1) is 0 Å². The number of nitrogens with zero attached hydrogens (tertiary/aromatic N) is 3. The minimum absolute atomic E-state index is 0.0167. The van der Waals surface area contributed by atoms with Crippen molar-refractivity contribution in [3.63, 3.8) is 0 Å². The summed E-state index contributed by atoms with van der Waals surface area (Å²) in [4.78, 5) is 79.0. The molecule has 0 aromatic carbocycles. The number of carbonyl (C=O) groups is 5. The van der Waals surface area contributed by atoms with Gasteiger partial charge in [-0.2, -0.15) is 0 Å². The van der Waals surface area contributed by atoms with Crippen LogP contribution in [0.15, 0.2) is 0 Å². The van der Waals surface area contributed by atoms with Gasteiger partial charge in [-0.3, -0.25) is 48.4 Å². The number of Topliss-reactive ketones (excluding diaryl/α,β-unsaturated/α-hetero) is 2. The molecule has 1 rings (SSSR count). The number of carboxylic acid groups (broad SMARTS) is 1. The van der Waals surface area contributed by atoms with Crippen LogP contribution in [0.3, 0.4) is 0 Å². The first-order valence-corrected chi connectivity index (χ1v) is 11.4. The fourth-order valence-corrected chi connectivity index (χ4v) is 4.28. The van der Waals surface area contributed by atoms with Crippen molar-refractivity contribution in [2.75, 3.05) is 31.1 Å². The second-order valence-corrected chi connectivity index (χ2v) is 9.31. The van der Waals surface area contributed by atoms with Gasteiger partial charge in [0.2, 0.25) is 11.8 Å². The van der Waals surface area contributed by atoms with Gasteiger partial charge in [0.15, 0.2) is 13.1 Å². The van der Waals surface area contributed by atoms with Crippen molar-refractivity contribution < 1.29 is 43.1 Å². The molecule has 1 aliphatic rings. The van der Waals surface area contributed by atoms with Gasteiger partial charge in [0.1, 0.15) is 33.7 Å². The number of nitro groups is 2. The number of ketones is 2. The van der Waals surface area contributed by atoms with E-state index in [4.69, 9.17) is 10.8 Å². The molecule has 1 saturated heterocycles.